The van der Waals surface area contributed by atoms with Crippen molar-refractivity contribution in [1.29, 1.82) is 0 Å². The highest BCUT2D eigenvalue weighted by molar-refractivity contribution is 5.55. The molecule has 1 aliphatic heterocycles. The van der Waals surface area contributed by atoms with E-state index in [0.717, 1.165) is 18.7 Å². The van der Waals surface area contributed by atoms with Crippen LogP contribution in [-0.4, -0.2) is 29.8 Å². The lowest BCUT2D eigenvalue weighted by atomic mass is 10.1. The van der Waals surface area contributed by atoms with E-state index >= 15 is 0 Å². The van der Waals surface area contributed by atoms with Crippen molar-refractivity contribution < 1.29 is 22.4 Å². The van der Waals surface area contributed by atoms with Gasteiger partial charge in [-0.1, -0.05) is 17.3 Å². The molecule has 1 fully saturated rings. The summed E-state index contributed by atoms with van der Waals surface area (Å²) >= 11 is 0. The predicted molar refractivity (Wildman–Crippen MR) is 66.3 cm³/mol. The SMILES string of the molecule is FC(F)(F)c1cccc(-c2noc([C@@H]3CNCCO3)n2)c1. The van der Waals surface area contributed by atoms with Crippen molar-refractivity contribution >= 4 is 0 Å². The van der Waals surface area contributed by atoms with Crippen molar-refractivity contribution in [2.45, 2.75) is 12.3 Å². The van der Waals surface area contributed by atoms with Crippen LogP contribution in [0.1, 0.15) is 17.6 Å². The normalized spacial score (nSPS) is 19.7. The Bertz CT molecular complexity index is 621. The van der Waals surface area contributed by atoms with Gasteiger partial charge in [-0.3, -0.25) is 0 Å². The van der Waals surface area contributed by atoms with Crippen LogP contribution in [0.4, 0.5) is 13.2 Å². The van der Waals surface area contributed by atoms with Crippen LogP contribution in [0.2, 0.25) is 0 Å². The molecule has 2 heterocycles. The van der Waals surface area contributed by atoms with Crippen LogP contribution < -0.4 is 5.32 Å². The van der Waals surface area contributed by atoms with Crippen LogP contribution in [0.15, 0.2) is 28.8 Å². The molecule has 0 unspecified atom stereocenters. The Labute approximate surface area is 118 Å². The number of nitrogens with one attached hydrogen (secondary N) is 1. The highest BCUT2D eigenvalue weighted by atomic mass is 19.4. The lowest BCUT2D eigenvalue weighted by Crippen LogP contribution is -2.33. The Morgan fingerprint density at radius 2 is 2.14 bits per heavy atom. The Balaban J connectivity index is 1.86. The fraction of sp³-hybridized carbons (Fsp3) is 0.385. The first kappa shape index (κ1) is 14.0. The van der Waals surface area contributed by atoms with E-state index in [1.54, 1.807) is 0 Å². The summed E-state index contributed by atoms with van der Waals surface area (Å²) in [6.07, 6.45) is -4.77. The number of alkyl halides is 3. The summed E-state index contributed by atoms with van der Waals surface area (Å²) < 4.78 is 48.6. The maximum atomic E-state index is 12.7. The molecule has 21 heavy (non-hydrogen) atoms. The maximum absolute atomic E-state index is 12.7. The molecule has 5 nitrogen and oxygen atoms in total. The molecular weight excluding hydrogens is 287 g/mol. The Hall–Kier alpha value is -1.93. The third kappa shape index (κ3) is 3.06. The number of rotatable bonds is 2. The largest absolute Gasteiger partial charge is 0.416 e. The molecule has 8 heteroatoms. The Morgan fingerprint density at radius 1 is 1.29 bits per heavy atom. The average molecular weight is 299 g/mol. The Morgan fingerprint density at radius 3 is 2.86 bits per heavy atom. The van der Waals surface area contributed by atoms with Crippen LogP contribution in [0, 0.1) is 0 Å². The highest BCUT2D eigenvalue weighted by Crippen LogP contribution is 2.31. The number of nitrogens with zero attached hydrogens (tertiary/aromatic N) is 2. The van der Waals surface area contributed by atoms with Crippen LogP contribution in [-0.2, 0) is 10.9 Å². The molecule has 1 aromatic carbocycles. The molecule has 1 aromatic heterocycles. The quantitative estimate of drug-likeness (QED) is 0.923. The molecule has 0 spiro atoms. The zero-order valence-corrected chi connectivity index (χ0v) is 10.9. The maximum Gasteiger partial charge on any atom is 0.416 e. The molecule has 0 aliphatic carbocycles. The van der Waals surface area contributed by atoms with E-state index in [9.17, 15) is 13.2 Å². The molecular formula is C13H12F3N3O2. The number of hydrogen-bond donors (Lipinski definition) is 1. The monoisotopic (exact) mass is 299 g/mol. The van der Waals surface area contributed by atoms with Gasteiger partial charge in [0.25, 0.3) is 5.89 Å². The second-order valence-electron chi connectivity index (χ2n) is 4.60. The van der Waals surface area contributed by atoms with Crippen molar-refractivity contribution in [3.8, 4) is 11.4 Å². The first-order valence-electron chi connectivity index (χ1n) is 6.37. The molecule has 112 valence electrons. The summed E-state index contributed by atoms with van der Waals surface area (Å²) in [6, 6.07) is 4.81. The van der Waals surface area contributed by atoms with Crippen molar-refractivity contribution in [1.82, 2.24) is 15.5 Å². The Kier molecular flexibility index (Phi) is 3.64. The van der Waals surface area contributed by atoms with Crippen LogP contribution >= 0.6 is 0 Å². The molecule has 1 N–H and O–H groups in total. The molecule has 0 radical (unpaired) electrons. The second kappa shape index (κ2) is 5.45. The number of hydrogen-bond acceptors (Lipinski definition) is 5. The lowest BCUT2D eigenvalue weighted by Gasteiger charge is -2.19. The third-order valence-corrected chi connectivity index (χ3v) is 3.09. The lowest BCUT2D eigenvalue weighted by molar-refractivity contribution is -0.137. The molecule has 1 saturated heterocycles. The predicted octanol–water partition coefficient (Wildman–Crippen LogP) is 2.42. The van der Waals surface area contributed by atoms with E-state index in [-0.39, 0.29) is 23.4 Å². The van der Waals surface area contributed by atoms with Crippen LogP contribution in [0.5, 0.6) is 0 Å². The van der Waals surface area contributed by atoms with Crippen LogP contribution in [0.3, 0.4) is 0 Å². The summed E-state index contributed by atoms with van der Waals surface area (Å²) in [4.78, 5) is 4.12. The van der Waals surface area contributed by atoms with Gasteiger partial charge in [-0.2, -0.15) is 18.2 Å². The summed E-state index contributed by atoms with van der Waals surface area (Å²) in [7, 11) is 0. The van der Waals surface area contributed by atoms with Gasteiger partial charge in [0, 0.05) is 18.7 Å². The topological polar surface area (TPSA) is 60.2 Å². The molecule has 0 saturated carbocycles. The fourth-order valence-electron chi connectivity index (χ4n) is 2.04. The standard InChI is InChI=1S/C13H12F3N3O2/c14-13(15,16)9-3-1-2-8(6-9)11-18-12(21-19-11)10-7-17-4-5-20-10/h1-3,6,10,17H,4-5,7H2/t10-/m0/s1. The molecule has 0 bridgehead atoms. The van der Waals surface area contributed by atoms with Crippen LogP contribution in [0.25, 0.3) is 11.4 Å². The number of ether oxygens (including phenoxy) is 1. The van der Waals surface area contributed by atoms with Crippen molar-refractivity contribution in [2.24, 2.45) is 0 Å². The van der Waals surface area contributed by atoms with Gasteiger partial charge >= 0.3 is 6.18 Å². The van der Waals surface area contributed by atoms with Crippen molar-refractivity contribution in [3.63, 3.8) is 0 Å². The van der Waals surface area contributed by atoms with E-state index in [0.29, 0.717) is 13.2 Å². The molecule has 1 atom stereocenters. The minimum atomic E-state index is -4.40. The third-order valence-electron chi connectivity index (χ3n) is 3.09. The van der Waals surface area contributed by atoms with Gasteiger partial charge in [-0.15, -0.1) is 0 Å². The molecule has 2 aromatic rings. The first-order chi connectivity index (χ1) is 10.0. The molecule has 1 aliphatic rings. The number of halogens is 3. The second-order valence-corrected chi connectivity index (χ2v) is 4.60. The van der Waals surface area contributed by atoms with Gasteiger partial charge in [-0.25, -0.2) is 0 Å². The number of morpholine rings is 1. The smallest absolute Gasteiger partial charge is 0.366 e. The van der Waals surface area contributed by atoms with Gasteiger partial charge in [0.05, 0.1) is 12.2 Å². The average Bonchev–Trinajstić information content (AvgIpc) is 2.97. The van der Waals surface area contributed by atoms with Crippen molar-refractivity contribution in [3.05, 3.63) is 35.7 Å². The summed E-state index contributed by atoms with van der Waals surface area (Å²) in [5.41, 5.74) is -0.495. The number of benzene rings is 1. The van der Waals surface area contributed by atoms with E-state index in [4.69, 9.17) is 9.26 Å². The van der Waals surface area contributed by atoms with Gasteiger partial charge in [0.15, 0.2) is 0 Å². The zero-order valence-electron chi connectivity index (χ0n) is 10.9. The van der Waals surface area contributed by atoms with Crippen molar-refractivity contribution in [2.75, 3.05) is 19.7 Å². The summed E-state index contributed by atoms with van der Waals surface area (Å²) in [5.74, 6) is 0.375. The molecule has 0 amide bonds. The van der Waals surface area contributed by atoms with Gasteiger partial charge in [-0.05, 0) is 12.1 Å². The van der Waals surface area contributed by atoms with E-state index in [1.807, 2.05) is 0 Å². The fourth-order valence-corrected chi connectivity index (χ4v) is 2.04. The summed E-state index contributed by atoms with van der Waals surface area (Å²) in [5, 5.41) is 6.83. The van der Waals surface area contributed by atoms with Gasteiger partial charge in [0.2, 0.25) is 5.82 Å². The molecule has 3 rings (SSSR count). The van der Waals surface area contributed by atoms with Gasteiger partial charge in [0.1, 0.15) is 6.10 Å². The van der Waals surface area contributed by atoms with E-state index < -0.39 is 11.7 Å². The summed E-state index contributed by atoms with van der Waals surface area (Å²) in [6.45, 7) is 1.79. The number of aromatic nitrogens is 2. The zero-order chi connectivity index (χ0) is 14.9. The minimum absolute atomic E-state index is 0.116. The van der Waals surface area contributed by atoms with Gasteiger partial charge < -0.3 is 14.6 Å². The highest BCUT2D eigenvalue weighted by Gasteiger charge is 2.31. The van der Waals surface area contributed by atoms with E-state index in [1.165, 1.54) is 12.1 Å². The van der Waals surface area contributed by atoms with E-state index in [2.05, 4.69) is 15.5 Å². The first-order valence-corrected chi connectivity index (χ1v) is 6.37. The minimum Gasteiger partial charge on any atom is -0.366 e.